The normalized spacial score (nSPS) is 21.5. The lowest BCUT2D eigenvalue weighted by atomic mass is 9.94. The highest BCUT2D eigenvalue weighted by Gasteiger charge is 2.32. The quantitative estimate of drug-likeness (QED) is 0.760. The van der Waals surface area contributed by atoms with Crippen LogP contribution in [0.3, 0.4) is 0 Å². The van der Waals surface area contributed by atoms with Crippen LogP contribution in [0.15, 0.2) is 18.2 Å². The Kier molecular flexibility index (Phi) is 5.37. The Morgan fingerprint density at radius 2 is 1.64 bits per heavy atom. The second kappa shape index (κ2) is 7.36. The van der Waals surface area contributed by atoms with Gasteiger partial charge in [0.1, 0.15) is 6.29 Å². The molecule has 0 spiro atoms. The summed E-state index contributed by atoms with van der Waals surface area (Å²) in [6, 6.07) is 4.17. The largest absolute Gasteiger partial charge is 0.416 e. The zero-order valence-electron chi connectivity index (χ0n) is 14.6. The van der Waals surface area contributed by atoms with Gasteiger partial charge in [-0.1, -0.05) is 6.92 Å². The topological polar surface area (TPSA) is 23.6 Å². The number of aldehydes is 1. The molecule has 0 aromatic heterocycles. The van der Waals surface area contributed by atoms with Gasteiger partial charge in [0, 0.05) is 30.4 Å². The molecule has 0 saturated carbocycles. The van der Waals surface area contributed by atoms with E-state index in [1.54, 1.807) is 6.07 Å². The first-order valence-electron chi connectivity index (χ1n) is 9.03. The molecular formula is C19H25F3N2O. The first-order valence-corrected chi connectivity index (χ1v) is 9.03. The van der Waals surface area contributed by atoms with Crippen LogP contribution in [0.4, 0.5) is 18.9 Å². The summed E-state index contributed by atoms with van der Waals surface area (Å²) >= 11 is 0. The number of alkyl halides is 3. The van der Waals surface area contributed by atoms with Gasteiger partial charge in [0.05, 0.1) is 5.56 Å². The number of hydrogen-bond donors (Lipinski definition) is 0. The van der Waals surface area contributed by atoms with Crippen molar-refractivity contribution in [3.63, 3.8) is 0 Å². The summed E-state index contributed by atoms with van der Waals surface area (Å²) < 4.78 is 39.1. The van der Waals surface area contributed by atoms with Crippen LogP contribution in [-0.4, -0.2) is 43.4 Å². The lowest BCUT2D eigenvalue weighted by Crippen LogP contribution is -2.47. The summed E-state index contributed by atoms with van der Waals surface area (Å²) in [5.41, 5.74) is -0.168. The molecule has 138 valence electrons. The highest BCUT2D eigenvalue weighted by atomic mass is 19.4. The van der Waals surface area contributed by atoms with Gasteiger partial charge in [0.2, 0.25) is 0 Å². The lowest BCUT2D eigenvalue weighted by Gasteiger charge is -2.42. The standard InChI is InChI=1S/C19H25F3N2O/c1-14-2-6-23(7-3-14)17-4-8-24(9-5-17)18-11-15(13-25)10-16(12-18)19(20,21)22/h10-14,17H,2-9H2,1H3. The number of hydrogen-bond acceptors (Lipinski definition) is 3. The van der Waals surface area contributed by atoms with Gasteiger partial charge in [-0.15, -0.1) is 0 Å². The van der Waals surface area contributed by atoms with Crippen molar-refractivity contribution >= 4 is 12.0 Å². The number of benzene rings is 1. The Labute approximate surface area is 146 Å². The summed E-state index contributed by atoms with van der Waals surface area (Å²) in [5, 5.41) is 0. The van der Waals surface area contributed by atoms with Gasteiger partial charge < -0.3 is 9.80 Å². The molecule has 2 aliphatic rings. The van der Waals surface area contributed by atoms with Gasteiger partial charge in [-0.3, -0.25) is 4.79 Å². The molecule has 0 radical (unpaired) electrons. The van der Waals surface area contributed by atoms with E-state index in [0.29, 0.717) is 18.0 Å². The molecule has 2 saturated heterocycles. The Hall–Kier alpha value is -1.56. The molecule has 2 fully saturated rings. The Morgan fingerprint density at radius 1 is 1.00 bits per heavy atom. The van der Waals surface area contributed by atoms with Gasteiger partial charge in [0.15, 0.2) is 0 Å². The van der Waals surface area contributed by atoms with Crippen LogP contribution >= 0.6 is 0 Å². The monoisotopic (exact) mass is 354 g/mol. The zero-order valence-corrected chi connectivity index (χ0v) is 14.6. The molecule has 1 aromatic rings. The summed E-state index contributed by atoms with van der Waals surface area (Å²) in [5.74, 6) is 0.795. The second-order valence-electron chi connectivity index (χ2n) is 7.37. The maximum absolute atomic E-state index is 13.0. The van der Waals surface area contributed by atoms with E-state index in [4.69, 9.17) is 0 Å². The van der Waals surface area contributed by atoms with Crippen molar-refractivity contribution in [2.75, 3.05) is 31.1 Å². The summed E-state index contributed by atoms with van der Waals surface area (Å²) in [4.78, 5) is 15.5. The van der Waals surface area contributed by atoms with Crippen molar-refractivity contribution in [1.29, 1.82) is 0 Å². The maximum Gasteiger partial charge on any atom is 0.416 e. The number of likely N-dealkylation sites (tertiary alicyclic amines) is 1. The van der Waals surface area contributed by atoms with Crippen molar-refractivity contribution in [3.05, 3.63) is 29.3 Å². The van der Waals surface area contributed by atoms with E-state index in [1.165, 1.54) is 12.8 Å². The van der Waals surface area contributed by atoms with Crippen molar-refractivity contribution < 1.29 is 18.0 Å². The van der Waals surface area contributed by atoms with Crippen LogP contribution < -0.4 is 4.90 Å². The van der Waals surface area contributed by atoms with E-state index in [9.17, 15) is 18.0 Å². The minimum absolute atomic E-state index is 0.0805. The van der Waals surface area contributed by atoms with Crippen LogP contribution in [-0.2, 0) is 6.18 Å². The molecular weight excluding hydrogens is 329 g/mol. The third-order valence-corrected chi connectivity index (χ3v) is 5.57. The van der Waals surface area contributed by atoms with Gasteiger partial charge >= 0.3 is 6.18 Å². The predicted molar refractivity (Wildman–Crippen MR) is 92.0 cm³/mol. The molecule has 3 rings (SSSR count). The second-order valence-corrected chi connectivity index (χ2v) is 7.37. The van der Waals surface area contributed by atoms with Crippen LogP contribution in [0.25, 0.3) is 0 Å². The smallest absolute Gasteiger partial charge is 0.371 e. The minimum atomic E-state index is -4.43. The maximum atomic E-state index is 13.0. The van der Waals surface area contributed by atoms with Crippen molar-refractivity contribution in [1.82, 2.24) is 4.90 Å². The summed E-state index contributed by atoms with van der Waals surface area (Å²) in [7, 11) is 0. The number of carbonyl (C=O) groups is 1. The minimum Gasteiger partial charge on any atom is -0.371 e. The van der Waals surface area contributed by atoms with Gasteiger partial charge in [-0.25, -0.2) is 0 Å². The van der Waals surface area contributed by atoms with Crippen LogP contribution in [0.2, 0.25) is 0 Å². The molecule has 2 aliphatic heterocycles. The summed E-state index contributed by atoms with van der Waals surface area (Å²) in [6.45, 7) is 6.01. The Bertz CT molecular complexity index is 601. The Morgan fingerprint density at radius 3 is 2.20 bits per heavy atom. The highest BCUT2D eigenvalue weighted by Crippen LogP contribution is 2.34. The van der Waals surface area contributed by atoms with Crippen molar-refractivity contribution in [3.8, 4) is 0 Å². The van der Waals surface area contributed by atoms with Gasteiger partial charge in [-0.05, 0) is 62.9 Å². The number of nitrogens with zero attached hydrogens (tertiary/aromatic N) is 2. The molecule has 0 amide bonds. The van der Waals surface area contributed by atoms with Crippen LogP contribution in [0.5, 0.6) is 0 Å². The predicted octanol–water partition coefficient (Wildman–Crippen LogP) is 4.22. The fourth-order valence-corrected chi connectivity index (χ4v) is 3.93. The number of halogens is 3. The summed E-state index contributed by atoms with van der Waals surface area (Å²) in [6.07, 6.45) is 0.437. The number of anilines is 1. The van der Waals surface area contributed by atoms with E-state index in [2.05, 4.69) is 11.8 Å². The van der Waals surface area contributed by atoms with Gasteiger partial charge in [0.25, 0.3) is 0 Å². The fraction of sp³-hybridized carbons (Fsp3) is 0.632. The molecule has 25 heavy (non-hydrogen) atoms. The molecule has 0 N–H and O–H groups in total. The number of piperidine rings is 2. The zero-order chi connectivity index (χ0) is 18.0. The SMILES string of the molecule is CC1CCN(C2CCN(c3cc(C=O)cc(C(F)(F)F)c3)CC2)CC1. The van der Waals surface area contributed by atoms with E-state index in [0.717, 1.165) is 57.1 Å². The third kappa shape index (κ3) is 4.35. The molecule has 1 aromatic carbocycles. The van der Waals surface area contributed by atoms with E-state index >= 15 is 0 Å². The Balaban J connectivity index is 1.67. The lowest BCUT2D eigenvalue weighted by molar-refractivity contribution is -0.137. The molecule has 0 bridgehead atoms. The highest BCUT2D eigenvalue weighted by molar-refractivity contribution is 5.78. The number of carbonyl (C=O) groups excluding carboxylic acids is 1. The molecule has 0 atom stereocenters. The molecule has 6 heteroatoms. The van der Waals surface area contributed by atoms with Crippen LogP contribution in [0.1, 0.15) is 48.5 Å². The first-order chi connectivity index (χ1) is 11.9. The molecule has 0 unspecified atom stereocenters. The molecule has 3 nitrogen and oxygen atoms in total. The van der Waals surface area contributed by atoms with Gasteiger partial charge in [-0.2, -0.15) is 13.2 Å². The van der Waals surface area contributed by atoms with E-state index in [-0.39, 0.29) is 5.56 Å². The molecule has 0 aliphatic carbocycles. The average Bonchev–Trinajstić information content (AvgIpc) is 2.61. The molecule has 2 heterocycles. The number of rotatable bonds is 3. The van der Waals surface area contributed by atoms with Crippen molar-refractivity contribution in [2.24, 2.45) is 5.92 Å². The van der Waals surface area contributed by atoms with E-state index in [1.807, 2.05) is 4.90 Å². The average molecular weight is 354 g/mol. The van der Waals surface area contributed by atoms with Crippen molar-refractivity contribution in [2.45, 2.75) is 44.8 Å². The van der Waals surface area contributed by atoms with E-state index < -0.39 is 11.7 Å². The van der Waals surface area contributed by atoms with Crippen LogP contribution in [0, 0.1) is 5.92 Å². The third-order valence-electron chi connectivity index (χ3n) is 5.57. The first kappa shape index (κ1) is 18.2. The fourth-order valence-electron chi connectivity index (χ4n) is 3.93.